The highest BCUT2D eigenvalue weighted by Gasteiger charge is 2.25. The summed E-state index contributed by atoms with van der Waals surface area (Å²) in [6.07, 6.45) is 4.61. The van der Waals surface area contributed by atoms with Gasteiger partial charge in [-0.25, -0.2) is 0 Å². The predicted octanol–water partition coefficient (Wildman–Crippen LogP) is 1.56. The van der Waals surface area contributed by atoms with Gasteiger partial charge in [0.2, 0.25) is 0 Å². The quantitative estimate of drug-likeness (QED) is 0.856. The van der Waals surface area contributed by atoms with E-state index in [9.17, 15) is 4.79 Å². The average molecular weight is 349 g/mol. The summed E-state index contributed by atoms with van der Waals surface area (Å²) >= 11 is 6.30. The van der Waals surface area contributed by atoms with Gasteiger partial charge in [0.05, 0.1) is 16.4 Å². The number of nitrogens with two attached hydrogens (primary N) is 1. The summed E-state index contributed by atoms with van der Waals surface area (Å²) in [7, 11) is 1.79. The number of nitrogens with one attached hydrogen (secondary N) is 1. The fourth-order valence-corrected chi connectivity index (χ4v) is 3.24. The molecule has 2 aromatic heterocycles. The average Bonchev–Trinajstić information content (AvgIpc) is 3.11. The largest absolute Gasteiger partial charge is 0.380 e. The summed E-state index contributed by atoms with van der Waals surface area (Å²) in [5, 5.41) is 8.28. The molecule has 1 unspecified atom stereocenters. The molecule has 1 aliphatic rings. The van der Waals surface area contributed by atoms with Gasteiger partial charge in [0.1, 0.15) is 0 Å². The highest BCUT2D eigenvalue weighted by atomic mass is 35.5. The van der Waals surface area contributed by atoms with E-state index in [1.807, 2.05) is 19.2 Å². The Morgan fingerprint density at radius 1 is 1.54 bits per heavy atom. The maximum absolute atomic E-state index is 11.5. The van der Waals surface area contributed by atoms with Crippen LogP contribution in [-0.4, -0.2) is 44.7 Å². The van der Waals surface area contributed by atoms with Crippen molar-refractivity contribution in [3.63, 3.8) is 0 Å². The number of anilines is 1. The molecule has 0 saturated carbocycles. The summed E-state index contributed by atoms with van der Waals surface area (Å²) in [6.45, 7) is 4.35. The molecule has 128 valence electrons. The molecule has 24 heavy (non-hydrogen) atoms. The lowest BCUT2D eigenvalue weighted by Gasteiger charge is -2.18. The van der Waals surface area contributed by atoms with E-state index < -0.39 is 5.91 Å². The van der Waals surface area contributed by atoms with Gasteiger partial charge in [0.25, 0.3) is 5.91 Å². The Labute approximate surface area is 145 Å². The maximum atomic E-state index is 11.5. The second-order valence-electron chi connectivity index (χ2n) is 6.16. The molecular formula is C16H21ClN6O. The standard InChI is InChI=1S/C16H21ClN6O/c1-10-14(17)13(3-5-19-10)20-12-4-6-23(9-12)8-11-7-22(2)21-15(11)16(18)24/h3,5,7,12H,4,6,8-9H2,1-2H3,(H2,18,24)(H,19,20). The van der Waals surface area contributed by atoms with Crippen molar-refractivity contribution in [2.75, 3.05) is 18.4 Å². The number of halogens is 1. The second-order valence-corrected chi connectivity index (χ2v) is 6.54. The normalized spacial score (nSPS) is 18.0. The minimum atomic E-state index is -0.487. The number of carbonyl (C=O) groups is 1. The van der Waals surface area contributed by atoms with Gasteiger partial charge in [0, 0.05) is 50.7 Å². The van der Waals surface area contributed by atoms with Gasteiger partial charge < -0.3 is 11.1 Å². The smallest absolute Gasteiger partial charge is 0.269 e. The number of primary amides is 1. The third-order valence-corrected chi connectivity index (χ3v) is 4.70. The van der Waals surface area contributed by atoms with Crippen molar-refractivity contribution in [2.24, 2.45) is 12.8 Å². The second kappa shape index (κ2) is 6.78. The number of hydrogen-bond donors (Lipinski definition) is 2. The molecule has 0 radical (unpaired) electrons. The third-order valence-electron chi connectivity index (χ3n) is 4.23. The summed E-state index contributed by atoms with van der Waals surface area (Å²) in [5.41, 5.74) is 8.34. The number of rotatable bonds is 5. The van der Waals surface area contributed by atoms with Gasteiger partial charge in [-0.1, -0.05) is 11.6 Å². The first-order valence-electron chi connectivity index (χ1n) is 7.86. The molecule has 3 heterocycles. The third kappa shape index (κ3) is 3.52. The number of aryl methyl sites for hydroxylation is 2. The van der Waals surface area contributed by atoms with Gasteiger partial charge in [-0.05, 0) is 19.4 Å². The van der Waals surface area contributed by atoms with Crippen molar-refractivity contribution in [3.8, 4) is 0 Å². The number of aromatic nitrogens is 3. The van der Waals surface area contributed by atoms with Crippen LogP contribution in [0.25, 0.3) is 0 Å². The molecule has 1 saturated heterocycles. The Balaban J connectivity index is 1.64. The summed E-state index contributed by atoms with van der Waals surface area (Å²) < 4.78 is 1.63. The fraction of sp³-hybridized carbons (Fsp3) is 0.438. The molecule has 1 fully saturated rings. The number of carbonyl (C=O) groups excluding carboxylic acids is 1. The zero-order valence-corrected chi connectivity index (χ0v) is 14.5. The number of amides is 1. The molecule has 8 heteroatoms. The van der Waals surface area contributed by atoms with Crippen molar-refractivity contribution in [1.82, 2.24) is 19.7 Å². The van der Waals surface area contributed by atoms with Gasteiger partial charge in [-0.3, -0.25) is 19.4 Å². The Morgan fingerprint density at radius 2 is 2.33 bits per heavy atom. The molecule has 1 aliphatic heterocycles. The monoisotopic (exact) mass is 348 g/mol. The minimum Gasteiger partial charge on any atom is -0.380 e. The summed E-state index contributed by atoms with van der Waals surface area (Å²) in [6, 6.07) is 2.20. The molecule has 2 aromatic rings. The van der Waals surface area contributed by atoms with Crippen LogP contribution in [-0.2, 0) is 13.6 Å². The molecule has 3 N–H and O–H groups in total. The van der Waals surface area contributed by atoms with E-state index in [0.717, 1.165) is 36.5 Å². The van der Waals surface area contributed by atoms with Crippen LogP contribution in [0.15, 0.2) is 18.5 Å². The van der Waals surface area contributed by atoms with Crippen LogP contribution in [0.3, 0.4) is 0 Å². The van der Waals surface area contributed by atoms with E-state index in [0.29, 0.717) is 23.3 Å². The molecule has 1 amide bonds. The molecule has 7 nitrogen and oxygen atoms in total. The van der Waals surface area contributed by atoms with Crippen molar-refractivity contribution < 1.29 is 4.79 Å². The Kier molecular flexibility index (Phi) is 4.73. The summed E-state index contributed by atoms with van der Waals surface area (Å²) in [5.74, 6) is -0.487. The maximum Gasteiger partial charge on any atom is 0.269 e. The topological polar surface area (TPSA) is 89.1 Å². The van der Waals surface area contributed by atoms with E-state index in [1.165, 1.54) is 0 Å². The lowest BCUT2D eigenvalue weighted by Crippen LogP contribution is -2.27. The van der Waals surface area contributed by atoms with Crippen molar-refractivity contribution in [2.45, 2.75) is 25.9 Å². The van der Waals surface area contributed by atoms with Gasteiger partial charge in [-0.15, -0.1) is 0 Å². The first-order chi connectivity index (χ1) is 11.4. The Morgan fingerprint density at radius 3 is 3.08 bits per heavy atom. The zero-order valence-electron chi connectivity index (χ0n) is 13.8. The molecular weight excluding hydrogens is 328 g/mol. The highest BCUT2D eigenvalue weighted by molar-refractivity contribution is 6.33. The van der Waals surface area contributed by atoms with E-state index in [1.54, 1.807) is 17.9 Å². The zero-order chi connectivity index (χ0) is 17.3. The van der Waals surface area contributed by atoms with Crippen LogP contribution >= 0.6 is 11.6 Å². The number of pyridine rings is 1. The first kappa shape index (κ1) is 16.7. The van der Waals surface area contributed by atoms with Crippen LogP contribution in [0.4, 0.5) is 5.69 Å². The van der Waals surface area contributed by atoms with Gasteiger partial charge in [-0.2, -0.15) is 5.10 Å². The molecule has 0 aliphatic carbocycles. The van der Waals surface area contributed by atoms with E-state index in [2.05, 4.69) is 20.3 Å². The summed E-state index contributed by atoms with van der Waals surface area (Å²) in [4.78, 5) is 17.9. The van der Waals surface area contributed by atoms with Gasteiger partial charge >= 0.3 is 0 Å². The van der Waals surface area contributed by atoms with Gasteiger partial charge in [0.15, 0.2) is 5.69 Å². The van der Waals surface area contributed by atoms with Crippen LogP contribution in [0.5, 0.6) is 0 Å². The molecule has 0 spiro atoms. The SMILES string of the molecule is Cc1nccc(NC2CCN(Cc3cn(C)nc3C(N)=O)C2)c1Cl. The molecule has 0 bridgehead atoms. The molecule has 3 rings (SSSR count). The Bertz CT molecular complexity index is 759. The van der Waals surface area contributed by atoms with Crippen molar-refractivity contribution >= 4 is 23.2 Å². The number of hydrogen-bond acceptors (Lipinski definition) is 5. The fourth-order valence-electron chi connectivity index (χ4n) is 3.08. The van der Waals surface area contributed by atoms with E-state index >= 15 is 0 Å². The molecule has 0 aromatic carbocycles. The van der Waals surface area contributed by atoms with Crippen LogP contribution in [0, 0.1) is 6.92 Å². The number of likely N-dealkylation sites (tertiary alicyclic amines) is 1. The Hall–Kier alpha value is -2.12. The van der Waals surface area contributed by atoms with Crippen LogP contribution in [0.2, 0.25) is 5.02 Å². The van der Waals surface area contributed by atoms with E-state index in [-0.39, 0.29) is 0 Å². The van der Waals surface area contributed by atoms with Crippen molar-refractivity contribution in [3.05, 3.63) is 40.4 Å². The highest BCUT2D eigenvalue weighted by Crippen LogP contribution is 2.26. The van der Waals surface area contributed by atoms with Crippen molar-refractivity contribution in [1.29, 1.82) is 0 Å². The first-order valence-corrected chi connectivity index (χ1v) is 8.24. The lowest BCUT2D eigenvalue weighted by atomic mass is 10.2. The van der Waals surface area contributed by atoms with Crippen LogP contribution in [0.1, 0.15) is 28.2 Å². The molecule has 1 atom stereocenters. The minimum absolute atomic E-state index is 0.304. The van der Waals surface area contributed by atoms with Crippen LogP contribution < -0.4 is 11.1 Å². The predicted molar refractivity (Wildman–Crippen MR) is 93.0 cm³/mol. The number of nitrogens with zero attached hydrogens (tertiary/aromatic N) is 4. The van der Waals surface area contributed by atoms with E-state index in [4.69, 9.17) is 17.3 Å². The lowest BCUT2D eigenvalue weighted by molar-refractivity contribution is 0.0993.